The molecule has 0 radical (unpaired) electrons. The highest BCUT2D eigenvalue weighted by molar-refractivity contribution is 5.91. The maximum Gasteiger partial charge on any atom is 0.162 e. The summed E-state index contributed by atoms with van der Waals surface area (Å²) in [5.41, 5.74) is 10.4. The van der Waals surface area contributed by atoms with E-state index in [0.29, 0.717) is 37.7 Å². The molecule has 182 valence electrons. The quantitative estimate of drug-likeness (QED) is 0.368. The molecule has 0 unspecified atom stereocenters. The van der Waals surface area contributed by atoms with Crippen LogP contribution in [0.15, 0.2) is 84.9 Å². The van der Waals surface area contributed by atoms with E-state index < -0.39 is 0 Å². The van der Waals surface area contributed by atoms with Crippen molar-refractivity contribution in [2.45, 2.75) is 58.3 Å². The summed E-state index contributed by atoms with van der Waals surface area (Å²) in [4.78, 5) is 12.3. The van der Waals surface area contributed by atoms with Gasteiger partial charge in [-0.25, -0.2) is 0 Å². The third kappa shape index (κ3) is 5.49. The molecule has 2 atom stereocenters. The molecule has 0 spiro atoms. The summed E-state index contributed by atoms with van der Waals surface area (Å²) in [6.45, 7) is 5.61. The van der Waals surface area contributed by atoms with Crippen molar-refractivity contribution in [3.8, 4) is 11.5 Å². The zero-order valence-electron chi connectivity index (χ0n) is 20.7. The van der Waals surface area contributed by atoms with E-state index in [9.17, 15) is 4.79 Å². The van der Waals surface area contributed by atoms with E-state index in [4.69, 9.17) is 15.2 Å². The van der Waals surface area contributed by atoms with Gasteiger partial charge in [0.2, 0.25) is 0 Å². The van der Waals surface area contributed by atoms with Gasteiger partial charge in [-0.3, -0.25) is 4.79 Å². The fourth-order valence-corrected chi connectivity index (χ4v) is 5.19. The summed E-state index contributed by atoms with van der Waals surface area (Å²) in [6.07, 6.45) is 6.20. The van der Waals surface area contributed by atoms with Gasteiger partial charge in [0.05, 0.1) is 0 Å². The standard InChI is InChI=1S/C31H35NO3/c1-3-26-18-27(33)15-16-31(26,4-2)28-19-30(35-22-24-13-9-6-10-14-24)29(17-25(28)20-32)34-21-23-11-7-5-8-12-23/h5-17,19,26H,3-4,18,20-22,32H2,1-2H3/t26-,31-/m0/s1. The fourth-order valence-electron chi connectivity index (χ4n) is 5.19. The van der Waals surface area contributed by atoms with Gasteiger partial charge >= 0.3 is 0 Å². The molecule has 2 N–H and O–H groups in total. The number of carbonyl (C=O) groups excluding carboxylic acids is 1. The largest absolute Gasteiger partial charge is 0.485 e. The van der Waals surface area contributed by atoms with Crippen LogP contribution in [0.1, 0.15) is 55.4 Å². The highest BCUT2D eigenvalue weighted by Crippen LogP contribution is 2.47. The molecule has 3 aromatic rings. The Hall–Kier alpha value is -3.37. The van der Waals surface area contributed by atoms with Crippen LogP contribution in [0.2, 0.25) is 0 Å². The lowest BCUT2D eigenvalue weighted by Gasteiger charge is -2.41. The van der Waals surface area contributed by atoms with Crippen LogP contribution in [-0.4, -0.2) is 5.78 Å². The summed E-state index contributed by atoms with van der Waals surface area (Å²) in [7, 11) is 0. The van der Waals surface area contributed by atoms with Crippen LogP contribution in [0, 0.1) is 5.92 Å². The second-order valence-electron chi connectivity index (χ2n) is 9.21. The molecular weight excluding hydrogens is 434 g/mol. The molecule has 0 fully saturated rings. The van der Waals surface area contributed by atoms with Gasteiger partial charge in [0.15, 0.2) is 17.3 Å². The van der Waals surface area contributed by atoms with Crippen molar-refractivity contribution in [3.63, 3.8) is 0 Å². The van der Waals surface area contributed by atoms with Crippen LogP contribution in [0.4, 0.5) is 0 Å². The molecule has 1 aliphatic rings. The van der Waals surface area contributed by atoms with Crippen molar-refractivity contribution in [2.75, 3.05) is 0 Å². The van der Waals surface area contributed by atoms with Gasteiger partial charge in [-0.15, -0.1) is 0 Å². The second-order valence-corrected chi connectivity index (χ2v) is 9.21. The highest BCUT2D eigenvalue weighted by Gasteiger charge is 2.41. The van der Waals surface area contributed by atoms with Gasteiger partial charge in [-0.1, -0.05) is 87.0 Å². The minimum atomic E-state index is -0.264. The molecule has 3 aromatic carbocycles. The Labute approximate surface area is 208 Å². The monoisotopic (exact) mass is 469 g/mol. The lowest BCUT2D eigenvalue weighted by molar-refractivity contribution is -0.116. The first-order valence-electron chi connectivity index (χ1n) is 12.5. The second kappa shape index (κ2) is 11.4. The third-order valence-corrected chi connectivity index (χ3v) is 7.19. The first kappa shape index (κ1) is 24.7. The summed E-state index contributed by atoms with van der Waals surface area (Å²) < 4.78 is 12.6. The average molecular weight is 470 g/mol. The number of hydrogen-bond donors (Lipinski definition) is 1. The summed E-state index contributed by atoms with van der Waals surface area (Å²) >= 11 is 0. The van der Waals surface area contributed by atoms with Crippen LogP contribution in [-0.2, 0) is 30.0 Å². The number of allylic oxidation sites excluding steroid dienone is 2. The Kier molecular flexibility index (Phi) is 8.04. The van der Waals surface area contributed by atoms with Crippen LogP contribution in [0.25, 0.3) is 0 Å². The Morgan fingerprint density at radius 2 is 1.46 bits per heavy atom. The van der Waals surface area contributed by atoms with Gasteiger partial charge in [0.25, 0.3) is 0 Å². The van der Waals surface area contributed by atoms with Crippen LogP contribution >= 0.6 is 0 Å². The molecule has 0 amide bonds. The maximum atomic E-state index is 12.3. The first-order valence-corrected chi connectivity index (χ1v) is 12.5. The number of ketones is 1. The zero-order chi connectivity index (χ0) is 24.7. The molecule has 4 rings (SSSR count). The lowest BCUT2D eigenvalue weighted by Crippen LogP contribution is -2.38. The van der Waals surface area contributed by atoms with Crippen molar-refractivity contribution < 1.29 is 14.3 Å². The van der Waals surface area contributed by atoms with Crippen molar-refractivity contribution in [2.24, 2.45) is 11.7 Å². The van der Waals surface area contributed by atoms with E-state index in [0.717, 1.165) is 35.1 Å². The van der Waals surface area contributed by atoms with E-state index >= 15 is 0 Å². The van der Waals surface area contributed by atoms with Crippen molar-refractivity contribution in [1.29, 1.82) is 0 Å². The van der Waals surface area contributed by atoms with Crippen LogP contribution < -0.4 is 15.2 Å². The van der Waals surface area contributed by atoms with E-state index in [1.807, 2.05) is 54.6 Å². The highest BCUT2D eigenvalue weighted by atomic mass is 16.5. The van der Waals surface area contributed by atoms with E-state index in [2.05, 4.69) is 38.1 Å². The molecule has 4 nitrogen and oxygen atoms in total. The molecule has 0 saturated heterocycles. The van der Waals surface area contributed by atoms with E-state index in [-0.39, 0.29) is 17.1 Å². The first-order chi connectivity index (χ1) is 17.1. The minimum absolute atomic E-state index is 0.193. The molecule has 0 heterocycles. The van der Waals surface area contributed by atoms with Gasteiger partial charge in [-0.05, 0) is 52.8 Å². The molecular formula is C31H35NO3. The molecule has 0 bridgehead atoms. The number of ether oxygens (including phenoxy) is 2. The van der Waals surface area contributed by atoms with Crippen LogP contribution in [0.5, 0.6) is 11.5 Å². The minimum Gasteiger partial charge on any atom is -0.485 e. The van der Waals surface area contributed by atoms with E-state index in [1.54, 1.807) is 6.08 Å². The van der Waals surface area contributed by atoms with Crippen molar-refractivity contribution in [1.82, 2.24) is 0 Å². The van der Waals surface area contributed by atoms with E-state index in [1.165, 1.54) is 0 Å². The average Bonchev–Trinajstić information content (AvgIpc) is 2.92. The summed E-state index contributed by atoms with van der Waals surface area (Å²) in [6, 6.07) is 24.4. The van der Waals surface area contributed by atoms with Gasteiger partial charge in [0, 0.05) is 18.4 Å². The number of carbonyl (C=O) groups is 1. The van der Waals surface area contributed by atoms with Crippen LogP contribution in [0.3, 0.4) is 0 Å². The normalized spacial score (nSPS) is 19.5. The van der Waals surface area contributed by atoms with Gasteiger partial charge in [-0.2, -0.15) is 0 Å². The number of rotatable bonds is 10. The Morgan fingerprint density at radius 3 is 1.97 bits per heavy atom. The Balaban J connectivity index is 1.76. The number of benzene rings is 3. The number of hydrogen-bond acceptors (Lipinski definition) is 4. The van der Waals surface area contributed by atoms with Crippen molar-refractivity contribution >= 4 is 5.78 Å². The number of nitrogens with two attached hydrogens (primary N) is 1. The molecule has 4 heteroatoms. The lowest BCUT2D eigenvalue weighted by atomic mass is 9.62. The van der Waals surface area contributed by atoms with Crippen molar-refractivity contribution in [3.05, 3.63) is 107 Å². The molecule has 0 aromatic heterocycles. The SMILES string of the molecule is CC[C@H]1CC(=O)C=C[C@]1(CC)c1cc(OCc2ccccc2)c(OCc2ccccc2)cc1CN. The molecule has 1 aliphatic carbocycles. The van der Waals surface area contributed by atoms with Gasteiger partial charge in [0.1, 0.15) is 13.2 Å². The Bertz CT molecular complexity index is 1160. The summed E-state index contributed by atoms with van der Waals surface area (Å²) in [5.74, 6) is 1.79. The zero-order valence-corrected chi connectivity index (χ0v) is 20.7. The smallest absolute Gasteiger partial charge is 0.162 e. The fraction of sp³-hybridized carbons (Fsp3) is 0.323. The molecule has 0 saturated carbocycles. The third-order valence-electron chi connectivity index (χ3n) is 7.19. The van der Waals surface area contributed by atoms with Gasteiger partial charge < -0.3 is 15.2 Å². The molecule has 0 aliphatic heterocycles. The topological polar surface area (TPSA) is 61.5 Å². The maximum absolute atomic E-state index is 12.3. The predicted octanol–water partition coefficient (Wildman–Crippen LogP) is 6.51. The molecule has 35 heavy (non-hydrogen) atoms. The predicted molar refractivity (Wildman–Crippen MR) is 140 cm³/mol. The summed E-state index contributed by atoms with van der Waals surface area (Å²) in [5, 5.41) is 0. The Morgan fingerprint density at radius 1 is 0.886 bits per heavy atom.